The molecule has 0 amide bonds. The molecule has 0 unspecified atom stereocenters. The number of hydrogen-bond acceptors (Lipinski definition) is 3. The summed E-state index contributed by atoms with van der Waals surface area (Å²) in [5, 5.41) is 0. The lowest BCUT2D eigenvalue weighted by molar-refractivity contribution is 0.588. The molecule has 5 heteroatoms. The molecule has 0 spiro atoms. The standard InChI is InChI=1S/C13H14N2O2S/c1-11-7-9-12(10-8-11)14-15-18(16,17)13-5-3-2-4-6-13/h2-10,14-15H,1H3. The van der Waals surface area contributed by atoms with Gasteiger partial charge >= 0.3 is 0 Å². The zero-order chi connectivity index (χ0) is 13.0. The highest BCUT2D eigenvalue weighted by atomic mass is 32.2. The van der Waals surface area contributed by atoms with Gasteiger partial charge in [-0.3, -0.25) is 0 Å². The maximum Gasteiger partial charge on any atom is 0.257 e. The second-order valence-electron chi connectivity index (χ2n) is 3.91. The Hall–Kier alpha value is -1.85. The number of hydrogen-bond donors (Lipinski definition) is 2. The van der Waals surface area contributed by atoms with Gasteiger partial charge in [-0.1, -0.05) is 35.9 Å². The largest absolute Gasteiger partial charge is 0.308 e. The van der Waals surface area contributed by atoms with Crippen LogP contribution < -0.4 is 10.3 Å². The van der Waals surface area contributed by atoms with E-state index in [1.807, 2.05) is 31.2 Å². The monoisotopic (exact) mass is 262 g/mol. The van der Waals surface area contributed by atoms with Crippen molar-refractivity contribution in [3.05, 3.63) is 60.2 Å². The van der Waals surface area contributed by atoms with Crippen molar-refractivity contribution >= 4 is 15.7 Å². The molecular formula is C13H14N2O2S. The Morgan fingerprint density at radius 1 is 0.889 bits per heavy atom. The minimum absolute atomic E-state index is 0.226. The van der Waals surface area contributed by atoms with Crippen LogP contribution in [0.1, 0.15) is 5.56 Å². The Morgan fingerprint density at radius 2 is 1.50 bits per heavy atom. The number of anilines is 1. The highest BCUT2D eigenvalue weighted by Gasteiger charge is 2.12. The topological polar surface area (TPSA) is 58.2 Å². The van der Waals surface area contributed by atoms with Crippen molar-refractivity contribution in [2.24, 2.45) is 0 Å². The molecule has 0 saturated heterocycles. The first-order valence-corrected chi connectivity index (χ1v) is 6.96. The fourth-order valence-corrected chi connectivity index (χ4v) is 2.31. The van der Waals surface area contributed by atoms with Crippen LogP contribution >= 0.6 is 0 Å². The third-order valence-electron chi connectivity index (χ3n) is 2.43. The Labute approximate surface area is 107 Å². The van der Waals surface area contributed by atoms with E-state index < -0.39 is 10.0 Å². The van der Waals surface area contributed by atoms with Crippen LogP contribution in [0.25, 0.3) is 0 Å². The molecule has 2 rings (SSSR count). The molecule has 0 aliphatic carbocycles. The summed E-state index contributed by atoms with van der Waals surface area (Å²) >= 11 is 0. The number of sulfonamides is 1. The van der Waals surface area contributed by atoms with Gasteiger partial charge in [0.05, 0.1) is 4.90 Å². The van der Waals surface area contributed by atoms with Gasteiger partial charge in [0.1, 0.15) is 0 Å². The van der Waals surface area contributed by atoms with Crippen molar-refractivity contribution in [3.8, 4) is 0 Å². The van der Waals surface area contributed by atoms with Gasteiger partial charge in [0.2, 0.25) is 0 Å². The summed E-state index contributed by atoms with van der Waals surface area (Å²) in [6.07, 6.45) is 0. The molecule has 0 atom stereocenters. The van der Waals surface area contributed by atoms with Gasteiger partial charge in [-0.2, -0.15) is 0 Å². The van der Waals surface area contributed by atoms with Crippen molar-refractivity contribution in [1.82, 2.24) is 4.83 Å². The van der Waals surface area contributed by atoms with Crippen LogP contribution in [-0.4, -0.2) is 8.42 Å². The second-order valence-corrected chi connectivity index (χ2v) is 5.59. The third kappa shape index (κ3) is 3.09. The minimum atomic E-state index is -3.53. The van der Waals surface area contributed by atoms with E-state index in [0.29, 0.717) is 5.69 Å². The molecule has 2 aromatic carbocycles. The van der Waals surface area contributed by atoms with Crippen LogP contribution in [0.2, 0.25) is 0 Å². The zero-order valence-corrected chi connectivity index (χ0v) is 10.7. The van der Waals surface area contributed by atoms with Crippen molar-refractivity contribution < 1.29 is 8.42 Å². The Kier molecular flexibility index (Phi) is 3.64. The SMILES string of the molecule is Cc1ccc(NNS(=O)(=O)c2ccccc2)cc1. The molecule has 2 N–H and O–H groups in total. The van der Waals surface area contributed by atoms with Gasteiger partial charge in [-0.15, -0.1) is 4.83 Å². The molecule has 0 aromatic heterocycles. The lowest BCUT2D eigenvalue weighted by atomic mass is 10.2. The molecular weight excluding hydrogens is 248 g/mol. The normalized spacial score (nSPS) is 11.2. The fraction of sp³-hybridized carbons (Fsp3) is 0.0769. The molecule has 0 aliphatic rings. The summed E-state index contributed by atoms with van der Waals surface area (Å²) in [4.78, 5) is 2.56. The van der Waals surface area contributed by atoms with Gasteiger partial charge in [-0.25, -0.2) is 8.42 Å². The van der Waals surface area contributed by atoms with E-state index in [1.54, 1.807) is 30.3 Å². The Balaban J connectivity index is 2.08. The van der Waals surface area contributed by atoms with Crippen molar-refractivity contribution in [3.63, 3.8) is 0 Å². The number of hydrazine groups is 1. The third-order valence-corrected chi connectivity index (χ3v) is 3.70. The van der Waals surface area contributed by atoms with Crippen LogP contribution in [0.3, 0.4) is 0 Å². The van der Waals surface area contributed by atoms with E-state index in [2.05, 4.69) is 10.3 Å². The van der Waals surface area contributed by atoms with E-state index in [1.165, 1.54) is 0 Å². The molecule has 0 radical (unpaired) electrons. The lowest BCUT2D eigenvalue weighted by Gasteiger charge is -2.09. The first kappa shape index (κ1) is 12.6. The van der Waals surface area contributed by atoms with Gasteiger partial charge in [0.25, 0.3) is 10.0 Å². The smallest absolute Gasteiger partial charge is 0.257 e. The molecule has 0 saturated carbocycles. The van der Waals surface area contributed by atoms with E-state index >= 15 is 0 Å². The summed E-state index contributed by atoms with van der Waals surface area (Å²) in [6, 6.07) is 15.6. The van der Waals surface area contributed by atoms with E-state index in [4.69, 9.17) is 0 Å². The fourth-order valence-electron chi connectivity index (χ4n) is 1.42. The lowest BCUT2D eigenvalue weighted by Crippen LogP contribution is -2.29. The van der Waals surface area contributed by atoms with Crippen molar-refractivity contribution in [1.29, 1.82) is 0 Å². The molecule has 0 fully saturated rings. The van der Waals surface area contributed by atoms with Gasteiger partial charge in [0, 0.05) is 5.69 Å². The van der Waals surface area contributed by atoms with Crippen molar-refractivity contribution in [2.75, 3.05) is 5.43 Å². The van der Waals surface area contributed by atoms with Crippen LogP contribution in [0.4, 0.5) is 5.69 Å². The van der Waals surface area contributed by atoms with E-state index in [-0.39, 0.29) is 4.90 Å². The predicted molar refractivity (Wildman–Crippen MR) is 71.6 cm³/mol. The van der Waals surface area contributed by atoms with Gasteiger partial charge in [-0.05, 0) is 31.2 Å². The van der Waals surface area contributed by atoms with Crippen LogP contribution in [0.15, 0.2) is 59.5 Å². The summed E-state index contributed by atoms with van der Waals surface area (Å²) in [6.45, 7) is 1.97. The zero-order valence-electron chi connectivity index (χ0n) is 9.92. The quantitative estimate of drug-likeness (QED) is 0.831. The maximum atomic E-state index is 11.9. The molecule has 18 heavy (non-hydrogen) atoms. The maximum absolute atomic E-state index is 11.9. The summed E-state index contributed by atoms with van der Waals surface area (Å²) in [7, 11) is -3.53. The number of aryl methyl sites for hydroxylation is 1. The van der Waals surface area contributed by atoms with Crippen LogP contribution in [0.5, 0.6) is 0 Å². The summed E-state index contributed by atoms with van der Waals surface area (Å²) < 4.78 is 23.8. The number of rotatable bonds is 4. The first-order valence-electron chi connectivity index (χ1n) is 5.47. The first-order chi connectivity index (χ1) is 8.58. The average molecular weight is 262 g/mol. The Morgan fingerprint density at radius 3 is 2.11 bits per heavy atom. The summed E-state index contributed by atoms with van der Waals surface area (Å²) in [5.41, 5.74) is 4.48. The molecule has 4 nitrogen and oxygen atoms in total. The molecule has 2 aromatic rings. The molecule has 0 heterocycles. The highest BCUT2D eigenvalue weighted by Crippen LogP contribution is 2.10. The predicted octanol–water partition coefficient (Wildman–Crippen LogP) is 2.30. The van der Waals surface area contributed by atoms with E-state index in [0.717, 1.165) is 5.56 Å². The van der Waals surface area contributed by atoms with Crippen molar-refractivity contribution in [2.45, 2.75) is 11.8 Å². The molecule has 0 aliphatic heterocycles. The van der Waals surface area contributed by atoms with Gasteiger partial charge in [0.15, 0.2) is 0 Å². The summed E-state index contributed by atoms with van der Waals surface area (Å²) in [5.74, 6) is 0. The highest BCUT2D eigenvalue weighted by molar-refractivity contribution is 7.89. The number of benzene rings is 2. The second kappa shape index (κ2) is 5.20. The molecule has 0 bridgehead atoms. The van der Waals surface area contributed by atoms with Gasteiger partial charge < -0.3 is 5.43 Å². The van der Waals surface area contributed by atoms with E-state index in [9.17, 15) is 8.42 Å². The average Bonchev–Trinajstić information content (AvgIpc) is 2.39. The van der Waals surface area contributed by atoms with Crippen LogP contribution in [-0.2, 0) is 10.0 Å². The molecule has 94 valence electrons. The Bertz CT molecular complexity index is 607. The number of nitrogens with one attached hydrogen (secondary N) is 2. The van der Waals surface area contributed by atoms with Crippen LogP contribution in [0, 0.1) is 6.92 Å². The minimum Gasteiger partial charge on any atom is -0.308 e.